The van der Waals surface area contributed by atoms with Crippen LogP contribution in [0.3, 0.4) is 0 Å². The summed E-state index contributed by atoms with van der Waals surface area (Å²) in [5, 5.41) is 9.49. The van der Waals surface area contributed by atoms with Gasteiger partial charge in [-0.05, 0) is 17.9 Å². The Labute approximate surface area is 106 Å². The molecule has 0 aromatic carbocycles. The maximum Gasteiger partial charge on any atom is 0.249 e. The van der Waals surface area contributed by atoms with Crippen LogP contribution in [-0.4, -0.2) is 4.98 Å². The fourth-order valence-electron chi connectivity index (χ4n) is 2.59. The quantitative estimate of drug-likeness (QED) is 0.790. The third-order valence-electron chi connectivity index (χ3n) is 3.45. The van der Waals surface area contributed by atoms with Crippen molar-refractivity contribution in [2.24, 2.45) is 5.92 Å². The molecule has 1 aliphatic carbocycles. The van der Waals surface area contributed by atoms with Gasteiger partial charge in [-0.25, -0.2) is 0 Å². The average molecular weight is 248 g/mol. The van der Waals surface area contributed by atoms with Crippen LogP contribution in [0, 0.1) is 17.2 Å². The maximum atomic E-state index is 11.4. The number of nitrogens with one attached hydrogen (secondary N) is 1. The Kier molecular flexibility index (Phi) is 3.90. The molecule has 0 aliphatic heterocycles. The first-order valence-corrected chi connectivity index (χ1v) is 6.50. The predicted molar refractivity (Wildman–Crippen MR) is 69.3 cm³/mol. The summed E-state index contributed by atoms with van der Waals surface area (Å²) in [5.41, 5.74) is 1.21. The van der Waals surface area contributed by atoms with Crippen molar-refractivity contribution < 1.29 is 0 Å². The van der Waals surface area contributed by atoms with Crippen molar-refractivity contribution in [1.29, 1.82) is 5.26 Å². The molecule has 3 nitrogen and oxygen atoms in total. The van der Waals surface area contributed by atoms with Gasteiger partial charge in [-0.15, -0.1) is 12.6 Å². The second-order valence-corrected chi connectivity index (χ2v) is 5.15. The van der Waals surface area contributed by atoms with E-state index in [1.807, 2.05) is 0 Å². The van der Waals surface area contributed by atoms with E-state index in [9.17, 15) is 4.79 Å². The number of thiol groups is 1. The number of nitrogens with zero attached hydrogens (tertiary/aromatic N) is 1. The van der Waals surface area contributed by atoms with E-state index >= 15 is 0 Å². The minimum absolute atomic E-state index is 0.167. The Bertz CT molecular complexity index is 495. The topological polar surface area (TPSA) is 56.6 Å². The molecule has 0 spiro atoms. The average Bonchev–Trinajstić information content (AvgIpc) is 2.30. The van der Waals surface area contributed by atoms with Crippen LogP contribution in [-0.2, 0) is 6.42 Å². The Balaban J connectivity index is 2.25. The Morgan fingerprint density at radius 1 is 1.41 bits per heavy atom. The highest BCUT2D eigenvalue weighted by Gasteiger charge is 2.17. The van der Waals surface area contributed by atoms with Crippen LogP contribution < -0.4 is 5.56 Å². The lowest BCUT2D eigenvalue weighted by Crippen LogP contribution is -2.14. The van der Waals surface area contributed by atoms with Crippen molar-refractivity contribution in [3.8, 4) is 6.07 Å². The van der Waals surface area contributed by atoms with Crippen molar-refractivity contribution in [1.82, 2.24) is 4.98 Å². The third-order valence-corrected chi connectivity index (χ3v) is 3.79. The molecule has 4 heteroatoms. The van der Waals surface area contributed by atoms with Crippen LogP contribution in [0.25, 0.3) is 0 Å². The molecule has 0 atom stereocenters. The number of H-pyrrole nitrogens is 1. The molecule has 0 radical (unpaired) electrons. The zero-order chi connectivity index (χ0) is 12.3. The number of nitriles is 1. The highest BCUT2D eigenvalue weighted by molar-refractivity contribution is 7.80. The molecule has 0 saturated heterocycles. The molecule has 1 fully saturated rings. The van der Waals surface area contributed by atoms with E-state index in [1.54, 1.807) is 6.07 Å². The molecule has 2 rings (SSSR count). The highest BCUT2D eigenvalue weighted by atomic mass is 32.1. The van der Waals surface area contributed by atoms with Gasteiger partial charge in [-0.1, -0.05) is 32.1 Å². The number of hydrogen-bond acceptors (Lipinski definition) is 3. The van der Waals surface area contributed by atoms with Gasteiger partial charge in [-0.3, -0.25) is 4.79 Å². The number of aromatic nitrogens is 1. The van der Waals surface area contributed by atoms with Crippen molar-refractivity contribution in [3.63, 3.8) is 0 Å². The standard InChI is InChI=1S/C13H16N2OS/c14-8-11-10(7-12(16)15-13(11)17)6-9-4-2-1-3-5-9/h7,9H,1-6H2,(H2,15,16,17). The van der Waals surface area contributed by atoms with E-state index in [1.165, 1.54) is 32.1 Å². The lowest BCUT2D eigenvalue weighted by atomic mass is 9.84. The van der Waals surface area contributed by atoms with E-state index < -0.39 is 0 Å². The van der Waals surface area contributed by atoms with Crippen molar-refractivity contribution in [2.45, 2.75) is 43.6 Å². The first-order valence-electron chi connectivity index (χ1n) is 6.06. The lowest BCUT2D eigenvalue weighted by Gasteiger charge is -2.21. The van der Waals surface area contributed by atoms with Gasteiger partial charge < -0.3 is 4.98 Å². The van der Waals surface area contributed by atoms with Gasteiger partial charge in [0.25, 0.3) is 0 Å². The molecule has 1 saturated carbocycles. The minimum atomic E-state index is -0.167. The van der Waals surface area contributed by atoms with Crippen LogP contribution >= 0.6 is 12.6 Å². The van der Waals surface area contributed by atoms with Gasteiger partial charge in [-0.2, -0.15) is 5.26 Å². The molecule has 90 valence electrons. The van der Waals surface area contributed by atoms with Crippen molar-refractivity contribution in [2.75, 3.05) is 0 Å². The third kappa shape index (κ3) is 2.92. The van der Waals surface area contributed by atoms with Gasteiger partial charge in [0.2, 0.25) is 5.56 Å². The highest BCUT2D eigenvalue weighted by Crippen LogP contribution is 2.28. The molecule has 0 amide bonds. The van der Waals surface area contributed by atoms with E-state index in [2.05, 4.69) is 23.7 Å². The monoisotopic (exact) mass is 248 g/mol. The van der Waals surface area contributed by atoms with Gasteiger partial charge in [0.05, 0.1) is 10.6 Å². The summed E-state index contributed by atoms with van der Waals surface area (Å²) in [6.45, 7) is 0. The van der Waals surface area contributed by atoms with E-state index in [0.29, 0.717) is 16.5 Å². The fraction of sp³-hybridized carbons (Fsp3) is 0.538. The van der Waals surface area contributed by atoms with Gasteiger partial charge in [0.1, 0.15) is 6.07 Å². The first-order chi connectivity index (χ1) is 8.20. The molecule has 0 unspecified atom stereocenters. The SMILES string of the molecule is N#Cc1c(CC2CCCCC2)cc(=O)[nH]c1S. The number of rotatable bonds is 2. The first kappa shape index (κ1) is 12.3. The van der Waals surface area contributed by atoms with E-state index in [4.69, 9.17) is 5.26 Å². The molecule has 1 aromatic rings. The van der Waals surface area contributed by atoms with Crippen LogP contribution in [0.5, 0.6) is 0 Å². The van der Waals surface area contributed by atoms with Gasteiger partial charge >= 0.3 is 0 Å². The summed E-state index contributed by atoms with van der Waals surface area (Å²) in [6.07, 6.45) is 7.10. The van der Waals surface area contributed by atoms with Crippen LogP contribution in [0.1, 0.15) is 43.2 Å². The minimum Gasteiger partial charge on any atom is -0.316 e. The summed E-state index contributed by atoms with van der Waals surface area (Å²) in [7, 11) is 0. The van der Waals surface area contributed by atoms with Crippen molar-refractivity contribution in [3.05, 3.63) is 27.5 Å². The molecule has 0 bridgehead atoms. The molecular formula is C13H16N2OS. The van der Waals surface area contributed by atoms with Crippen LogP contribution in [0.15, 0.2) is 15.9 Å². The second-order valence-electron chi connectivity index (χ2n) is 4.70. The number of pyridine rings is 1. The number of aromatic amines is 1. The normalized spacial score (nSPS) is 16.7. The summed E-state index contributed by atoms with van der Waals surface area (Å²) in [4.78, 5) is 14.0. The van der Waals surface area contributed by atoms with Crippen LogP contribution in [0.2, 0.25) is 0 Å². The zero-order valence-electron chi connectivity index (χ0n) is 9.70. The summed E-state index contributed by atoms with van der Waals surface area (Å²) < 4.78 is 0. The maximum absolute atomic E-state index is 11.4. The molecular weight excluding hydrogens is 232 g/mol. The van der Waals surface area contributed by atoms with E-state index in [0.717, 1.165) is 12.0 Å². The van der Waals surface area contributed by atoms with Gasteiger partial charge in [0, 0.05) is 6.07 Å². The second kappa shape index (κ2) is 5.42. The molecule has 1 N–H and O–H groups in total. The van der Waals surface area contributed by atoms with Gasteiger partial charge in [0.15, 0.2) is 0 Å². The molecule has 1 aromatic heterocycles. The molecule has 1 aliphatic rings. The van der Waals surface area contributed by atoms with Crippen LogP contribution in [0.4, 0.5) is 0 Å². The van der Waals surface area contributed by atoms with E-state index in [-0.39, 0.29) is 5.56 Å². The number of hydrogen-bond donors (Lipinski definition) is 2. The zero-order valence-corrected chi connectivity index (χ0v) is 10.6. The summed E-state index contributed by atoms with van der Waals surface area (Å²) in [6, 6.07) is 3.68. The summed E-state index contributed by atoms with van der Waals surface area (Å²) in [5.74, 6) is 0.616. The Hall–Kier alpha value is -1.21. The summed E-state index contributed by atoms with van der Waals surface area (Å²) >= 11 is 4.16. The van der Waals surface area contributed by atoms with Crippen molar-refractivity contribution >= 4 is 12.6 Å². The largest absolute Gasteiger partial charge is 0.316 e. The molecule has 1 heterocycles. The fourth-order valence-corrected chi connectivity index (χ4v) is 2.89. The lowest BCUT2D eigenvalue weighted by molar-refractivity contribution is 0.356. The molecule has 17 heavy (non-hydrogen) atoms. The Morgan fingerprint density at radius 3 is 2.76 bits per heavy atom. The smallest absolute Gasteiger partial charge is 0.249 e. The Morgan fingerprint density at radius 2 is 2.12 bits per heavy atom. The predicted octanol–water partition coefficient (Wildman–Crippen LogP) is 2.66.